The molecule has 5 aliphatic carbocycles. The normalized spacial score (nSPS) is 23.2. The van der Waals surface area contributed by atoms with E-state index in [1.54, 1.807) is 11.1 Å². The van der Waals surface area contributed by atoms with Crippen LogP contribution in [0.1, 0.15) is 43.2 Å². The van der Waals surface area contributed by atoms with E-state index in [9.17, 15) is 0 Å². The Hall–Kier alpha value is -6.32. The van der Waals surface area contributed by atoms with Crippen LogP contribution in [0.4, 0.5) is 0 Å². The lowest BCUT2D eigenvalue weighted by molar-refractivity contribution is -0.0399. The number of benzene rings is 8. The van der Waals surface area contributed by atoms with Crippen LogP contribution in [-0.2, 0) is 5.41 Å². The van der Waals surface area contributed by atoms with Crippen LogP contribution in [0.2, 0.25) is 0 Å². The van der Waals surface area contributed by atoms with Crippen LogP contribution in [0.3, 0.4) is 0 Å². The van der Waals surface area contributed by atoms with E-state index in [4.69, 9.17) is 9.97 Å². The summed E-state index contributed by atoms with van der Waals surface area (Å²) in [6, 6.07) is 56.6. The maximum absolute atomic E-state index is 5.67. The van der Waals surface area contributed by atoms with Crippen LogP contribution >= 0.6 is 0 Å². The Labute approximate surface area is 330 Å². The van der Waals surface area contributed by atoms with Gasteiger partial charge in [0.05, 0.1) is 22.2 Å². The van der Waals surface area contributed by atoms with Gasteiger partial charge in [0.2, 0.25) is 5.95 Å². The molecule has 15 rings (SSSR count). The summed E-state index contributed by atoms with van der Waals surface area (Å²) in [6.45, 7) is 0. The minimum Gasteiger partial charge on any atom is -0.277 e. The SMILES string of the molecule is c1ccc2c(c1)-c1c(ccc3c1c1ccc4ccccc4c1n3-c1nc(-c3ccc4ccccc4c3)c3ccc4ccccc4c3n1)C21C2CC3CC(C2)CC1C3. The van der Waals surface area contributed by atoms with Crippen molar-refractivity contribution >= 4 is 65.0 Å². The minimum absolute atomic E-state index is 0.0976. The second-order valence-corrected chi connectivity index (χ2v) is 17.7. The third-order valence-corrected chi connectivity index (χ3v) is 15.1. The van der Waals surface area contributed by atoms with E-state index in [0.717, 1.165) is 39.4 Å². The number of aromatic nitrogens is 3. The van der Waals surface area contributed by atoms with E-state index in [0.29, 0.717) is 17.8 Å². The highest BCUT2D eigenvalue weighted by molar-refractivity contribution is 6.23. The largest absolute Gasteiger partial charge is 0.277 e. The highest BCUT2D eigenvalue weighted by atomic mass is 15.2. The summed E-state index contributed by atoms with van der Waals surface area (Å²) in [5.41, 5.74) is 11.6. The fourth-order valence-electron chi connectivity index (χ4n) is 13.2. The second kappa shape index (κ2) is 11.0. The molecule has 1 spiro atoms. The molecule has 5 aliphatic rings. The first-order valence-electron chi connectivity index (χ1n) is 21.0. The smallest absolute Gasteiger partial charge is 0.235 e. The quantitative estimate of drug-likeness (QED) is 0.166. The molecule has 2 aromatic heterocycles. The highest BCUT2D eigenvalue weighted by Gasteiger charge is 2.61. The average Bonchev–Trinajstić information content (AvgIpc) is 3.76. The Balaban J connectivity index is 1.13. The van der Waals surface area contributed by atoms with Gasteiger partial charge >= 0.3 is 0 Å². The minimum atomic E-state index is 0.0976. The molecular weight excluding hydrogens is 691 g/mol. The van der Waals surface area contributed by atoms with Crippen LogP contribution in [0, 0.1) is 23.7 Å². The third kappa shape index (κ3) is 3.92. The summed E-state index contributed by atoms with van der Waals surface area (Å²) < 4.78 is 2.42. The lowest BCUT2D eigenvalue weighted by atomic mass is 9.43. The van der Waals surface area contributed by atoms with E-state index in [-0.39, 0.29) is 5.41 Å². The predicted octanol–water partition coefficient (Wildman–Crippen LogP) is 13.6. The molecule has 0 N–H and O–H groups in total. The molecule has 57 heavy (non-hydrogen) atoms. The molecule has 0 aliphatic heterocycles. The van der Waals surface area contributed by atoms with Crippen molar-refractivity contribution in [3.8, 4) is 28.3 Å². The first-order chi connectivity index (χ1) is 28.2. The summed E-state index contributed by atoms with van der Waals surface area (Å²) in [4.78, 5) is 11.3. The van der Waals surface area contributed by atoms with Gasteiger partial charge in [-0.05, 0) is 118 Å². The monoisotopic (exact) mass is 729 g/mol. The van der Waals surface area contributed by atoms with E-state index >= 15 is 0 Å². The summed E-state index contributed by atoms with van der Waals surface area (Å²) in [5.74, 6) is 3.95. The third-order valence-electron chi connectivity index (χ3n) is 15.1. The van der Waals surface area contributed by atoms with Crippen molar-refractivity contribution in [2.24, 2.45) is 23.7 Å². The van der Waals surface area contributed by atoms with Crippen molar-refractivity contribution in [3.05, 3.63) is 163 Å². The lowest BCUT2D eigenvalue weighted by Gasteiger charge is -2.61. The van der Waals surface area contributed by atoms with Gasteiger partial charge in [-0.15, -0.1) is 0 Å². The number of fused-ring (bicyclic) bond motifs is 13. The standard InChI is InChI=1S/C54H39N3/c1-2-12-36-30-37(18-17-33(36)9-1)50-44-22-20-34-10-3-5-13-40(34)51(44)56-53(55-50)57-47-24-23-46-48(49(47)43-21-19-35-11-4-6-14-41(35)52(43)57)42-15-7-8-16-45(42)54(46)38-26-31-25-32(28-38)29-39(54)27-31/h1-24,30-32,38-39H,25-29H2. The molecule has 0 radical (unpaired) electrons. The molecule has 0 saturated heterocycles. The predicted molar refractivity (Wildman–Crippen MR) is 235 cm³/mol. The Morgan fingerprint density at radius 3 is 1.95 bits per heavy atom. The van der Waals surface area contributed by atoms with Gasteiger partial charge in [0.15, 0.2) is 0 Å². The lowest BCUT2D eigenvalue weighted by Crippen LogP contribution is -2.55. The maximum atomic E-state index is 5.67. The highest BCUT2D eigenvalue weighted by Crippen LogP contribution is 2.70. The van der Waals surface area contributed by atoms with E-state index in [2.05, 4.69) is 156 Å². The van der Waals surface area contributed by atoms with Gasteiger partial charge in [-0.1, -0.05) is 133 Å². The molecule has 0 atom stereocenters. The van der Waals surface area contributed by atoms with Crippen LogP contribution in [0.25, 0.3) is 93.4 Å². The maximum Gasteiger partial charge on any atom is 0.235 e. The van der Waals surface area contributed by atoms with Gasteiger partial charge in [0.25, 0.3) is 0 Å². The second-order valence-electron chi connectivity index (χ2n) is 17.7. The molecule has 4 bridgehead atoms. The Morgan fingerprint density at radius 1 is 0.491 bits per heavy atom. The van der Waals surface area contributed by atoms with Gasteiger partial charge in [-0.25, -0.2) is 9.97 Å². The molecule has 8 aromatic carbocycles. The van der Waals surface area contributed by atoms with Gasteiger partial charge in [0.1, 0.15) is 0 Å². The van der Waals surface area contributed by atoms with Crippen LogP contribution < -0.4 is 0 Å². The zero-order valence-corrected chi connectivity index (χ0v) is 31.6. The number of hydrogen-bond acceptors (Lipinski definition) is 2. The summed E-state index contributed by atoms with van der Waals surface area (Å²) in [5, 5.41) is 10.9. The Kier molecular flexibility index (Phi) is 5.93. The topological polar surface area (TPSA) is 30.7 Å². The molecule has 2 heterocycles. The van der Waals surface area contributed by atoms with Crippen molar-refractivity contribution in [2.75, 3.05) is 0 Å². The fourth-order valence-corrected chi connectivity index (χ4v) is 13.2. The summed E-state index contributed by atoms with van der Waals surface area (Å²) >= 11 is 0. The van der Waals surface area contributed by atoms with Crippen molar-refractivity contribution in [1.29, 1.82) is 0 Å². The van der Waals surface area contributed by atoms with E-state index in [1.807, 2.05) is 0 Å². The van der Waals surface area contributed by atoms with Crippen molar-refractivity contribution in [1.82, 2.24) is 14.5 Å². The Bertz CT molecular complexity index is 3360. The average molecular weight is 730 g/mol. The van der Waals surface area contributed by atoms with Gasteiger partial charge < -0.3 is 0 Å². The van der Waals surface area contributed by atoms with Crippen LogP contribution in [-0.4, -0.2) is 14.5 Å². The van der Waals surface area contributed by atoms with E-state index in [1.165, 1.54) is 92.0 Å². The molecule has 10 aromatic rings. The molecule has 3 heteroatoms. The summed E-state index contributed by atoms with van der Waals surface area (Å²) in [7, 11) is 0. The zero-order valence-electron chi connectivity index (χ0n) is 31.6. The van der Waals surface area contributed by atoms with Crippen molar-refractivity contribution < 1.29 is 0 Å². The molecule has 4 fully saturated rings. The van der Waals surface area contributed by atoms with Crippen molar-refractivity contribution in [2.45, 2.75) is 37.5 Å². The zero-order chi connectivity index (χ0) is 37.0. The molecule has 0 unspecified atom stereocenters. The number of hydrogen-bond donors (Lipinski definition) is 0. The first kappa shape index (κ1) is 30.8. The molecule has 4 saturated carbocycles. The van der Waals surface area contributed by atoms with Crippen LogP contribution in [0.15, 0.2) is 152 Å². The number of rotatable bonds is 2. The fraction of sp³-hybridized carbons (Fsp3) is 0.185. The molecule has 270 valence electrons. The van der Waals surface area contributed by atoms with Crippen molar-refractivity contribution in [3.63, 3.8) is 0 Å². The van der Waals surface area contributed by atoms with E-state index < -0.39 is 0 Å². The van der Waals surface area contributed by atoms with Gasteiger partial charge in [-0.3, -0.25) is 4.57 Å². The molecule has 0 amide bonds. The summed E-state index contributed by atoms with van der Waals surface area (Å²) in [6.07, 6.45) is 6.96. The molecular formula is C54H39N3. The molecule has 3 nitrogen and oxygen atoms in total. The van der Waals surface area contributed by atoms with Gasteiger partial charge in [0, 0.05) is 37.9 Å². The van der Waals surface area contributed by atoms with Crippen LogP contribution in [0.5, 0.6) is 0 Å². The number of nitrogens with zero attached hydrogens (tertiary/aromatic N) is 3. The Morgan fingerprint density at radius 2 is 1.14 bits per heavy atom. The first-order valence-corrected chi connectivity index (χ1v) is 21.0. The van der Waals surface area contributed by atoms with Gasteiger partial charge in [-0.2, -0.15) is 0 Å².